The van der Waals surface area contributed by atoms with Crippen molar-refractivity contribution in [3.8, 4) is 11.5 Å². The Morgan fingerprint density at radius 3 is 2.78 bits per heavy atom. The first-order valence-corrected chi connectivity index (χ1v) is 7.74. The van der Waals surface area contributed by atoms with Crippen LogP contribution in [0.2, 0.25) is 5.02 Å². The normalized spacial score (nSPS) is 16.7. The fraction of sp³-hybridized carbons (Fsp3) is 0.200. The van der Waals surface area contributed by atoms with Gasteiger partial charge in [0.15, 0.2) is 6.29 Å². The second kappa shape index (κ2) is 6.60. The highest BCUT2D eigenvalue weighted by Gasteiger charge is 2.29. The summed E-state index contributed by atoms with van der Waals surface area (Å²) in [5.74, 6) is -2.84. The van der Waals surface area contributed by atoms with Gasteiger partial charge in [0.25, 0.3) is 5.76 Å². The first-order chi connectivity index (χ1) is 10.9. The zero-order valence-electron chi connectivity index (χ0n) is 11.4. The largest absolute Gasteiger partial charge is 0.457 e. The van der Waals surface area contributed by atoms with E-state index < -0.39 is 17.9 Å². The van der Waals surface area contributed by atoms with Crippen LogP contribution >= 0.6 is 23.4 Å². The number of aliphatic hydroxyl groups excluding tert-OH is 1. The van der Waals surface area contributed by atoms with E-state index >= 15 is 0 Å². The molecular weight excluding hydrogens is 353 g/mol. The standard InChI is InChI=1S/C15H10ClF3O3S/c16-7-3-8(17)5-9(4-7)22-11-1-2-12(23-15(18)19)10-6-21-14(20)13(10)11/h1-5,14-15,20H,6H2. The predicted octanol–water partition coefficient (Wildman–Crippen LogP) is 5.11. The highest BCUT2D eigenvalue weighted by atomic mass is 35.5. The molecule has 2 aromatic rings. The Hall–Kier alpha value is -1.41. The lowest BCUT2D eigenvalue weighted by atomic mass is 10.1. The Morgan fingerprint density at radius 1 is 1.30 bits per heavy atom. The maximum atomic E-state index is 13.4. The summed E-state index contributed by atoms with van der Waals surface area (Å²) in [5, 5.41) is 10.1. The van der Waals surface area contributed by atoms with E-state index in [1.54, 1.807) is 0 Å². The summed E-state index contributed by atoms with van der Waals surface area (Å²) in [6, 6.07) is 6.54. The first kappa shape index (κ1) is 16.4. The van der Waals surface area contributed by atoms with E-state index in [0.717, 1.165) is 12.1 Å². The number of hydrogen-bond donors (Lipinski definition) is 1. The minimum Gasteiger partial charge on any atom is -0.457 e. The summed E-state index contributed by atoms with van der Waals surface area (Å²) in [7, 11) is 0. The molecule has 0 spiro atoms. The number of ether oxygens (including phenoxy) is 2. The van der Waals surface area contributed by atoms with Gasteiger partial charge in [-0.1, -0.05) is 23.4 Å². The fourth-order valence-corrected chi connectivity index (χ4v) is 3.16. The van der Waals surface area contributed by atoms with Crippen molar-refractivity contribution in [1.29, 1.82) is 0 Å². The van der Waals surface area contributed by atoms with Crippen LogP contribution < -0.4 is 4.74 Å². The smallest absolute Gasteiger partial charge is 0.288 e. The van der Waals surface area contributed by atoms with Crippen molar-refractivity contribution in [2.75, 3.05) is 0 Å². The van der Waals surface area contributed by atoms with Crippen molar-refractivity contribution in [2.24, 2.45) is 0 Å². The van der Waals surface area contributed by atoms with Crippen molar-refractivity contribution in [2.45, 2.75) is 23.5 Å². The lowest BCUT2D eigenvalue weighted by molar-refractivity contribution is -0.0926. The highest BCUT2D eigenvalue weighted by molar-refractivity contribution is 7.99. The second-order valence-corrected chi connectivity index (χ2v) is 6.17. The van der Waals surface area contributed by atoms with Gasteiger partial charge in [0.1, 0.15) is 17.3 Å². The van der Waals surface area contributed by atoms with Crippen LogP contribution in [0.3, 0.4) is 0 Å². The number of alkyl halides is 2. The van der Waals surface area contributed by atoms with Crippen molar-refractivity contribution in [3.63, 3.8) is 0 Å². The van der Waals surface area contributed by atoms with Crippen LogP contribution in [0, 0.1) is 5.82 Å². The van der Waals surface area contributed by atoms with E-state index in [2.05, 4.69) is 0 Å². The van der Waals surface area contributed by atoms with Crippen molar-refractivity contribution < 1.29 is 27.8 Å². The van der Waals surface area contributed by atoms with Gasteiger partial charge in [-0.25, -0.2) is 4.39 Å². The molecule has 0 bridgehead atoms. The lowest BCUT2D eigenvalue weighted by Crippen LogP contribution is -1.98. The molecule has 3 nitrogen and oxygen atoms in total. The summed E-state index contributed by atoms with van der Waals surface area (Å²) >= 11 is 6.13. The van der Waals surface area contributed by atoms with Crippen LogP contribution in [0.25, 0.3) is 0 Å². The summed E-state index contributed by atoms with van der Waals surface area (Å²) in [4.78, 5) is 0.302. The third kappa shape index (κ3) is 3.58. The molecule has 0 aliphatic carbocycles. The zero-order valence-corrected chi connectivity index (χ0v) is 13.0. The van der Waals surface area contributed by atoms with E-state index in [1.165, 1.54) is 18.2 Å². The average molecular weight is 363 g/mol. The van der Waals surface area contributed by atoms with Gasteiger partial charge in [0.05, 0.1) is 12.2 Å². The highest BCUT2D eigenvalue weighted by Crippen LogP contribution is 2.44. The summed E-state index contributed by atoms with van der Waals surface area (Å²) in [6.07, 6.45) is -1.29. The molecule has 0 saturated heterocycles. The molecule has 0 radical (unpaired) electrons. The van der Waals surface area contributed by atoms with Gasteiger partial charge in [0, 0.05) is 21.5 Å². The maximum Gasteiger partial charge on any atom is 0.288 e. The lowest BCUT2D eigenvalue weighted by Gasteiger charge is -2.14. The summed E-state index contributed by atoms with van der Waals surface area (Å²) in [5.41, 5.74) is 0.693. The van der Waals surface area contributed by atoms with Gasteiger partial charge in [-0.3, -0.25) is 0 Å². The van der Waals surface area contributed by atoms with E-state index in [0.29, 0.717) is 22.2 Å². The molecule has 0 amide bonds. The number of rotatable bonds is 4. The third-order valence-electron chi connectivity index (χ3n) is 3.19. The number of thioether (sulfide) groups is 1. The fourth-order valence-electron chi connectivity index (χ4n) is 2.30. The van der Waals surface area contributed by atoms with E-state index in [9.17, 15) is 18.3 Å². The topological polar surface area (TPSA) is 38.7 Å². The monoisotopic (exact) mass is 362 g/mol. The van der Waals surface area contributed by atoms with Crippen LogP contribution in [0.15, 0.2) is 35.2 Å². The number of fused-ring (bicyclic) bond motifs is 1. The quantitative estimate of drug-likeness (QED) is 0.767. The average Bonchev–Trinajstić information content (AvgIpc) is 2.83. The van der Waals surface area contributed by atoms with Gasteiger partial charge < -0.3 is 14.6 Å². The molecular formula is C15H10ClF3O3S. The zero-order chi connectivity index (χ0) is 16.6. The Kier molecular flexibility index (Phi) is 4.72. The molecule has 0 aromatic heterocycles. The van der Waals surface area contributed by atoms with Gasteiger partial charge in [-0.15, -0.1) is 0 Å². The van der Waals surface area contributed by atoms with Crippen LogP contribution in [0.4, 0.5) is 13.2 Å². The van der Waals surface area contributed by atoms with E-state index in [4.69, 9.17) is 21.1 Å². The Balaban J connectivity index is 1.98. The molecule has 1 heterocycles. The number of aliphatic hydroxyl groups is 1. The summed E-state index contributed by atoms with van der Waals surface area (Å²) < 4.78 is 49.2. The molecule has 1 atom stereocenters. The van der Waals surface area contributed by atoms with E-state index in [1.807, 2.05) is 0 Å². The maximum absolute atomic E-state index is 13.4. The van der Waals surface area contributed by atoms with Crippen LogP contribution in [-0.4, -0.2) is 10.9 Å². The van der Waals surface area contributed by atoms with Crippen LogP contribution in [0.5, 0.6) is 11.5 Å². The van der Waals surface area contributed by atoms with E-state index in [-0.39, 0.29) is 28.7 Å². The molecule has 1 N–H and O–H groups in total. The Labute approximate surface area is 139 Å². The molecule has 23 heavy (non-hydrogen) atoms. The number of benzene rings is 2. The van der Waals surface area contributed by atoms with Crippen molar-refractivity contribution in [1.82, 2.24) is 0 Å². The number of halogens is 4. The Bertz CT molecular complexity index is 722. The first-order valence-electron chi connectivity index (χ1n) is 6.48. The molecule has 1 unspecified atom stereocenters. The molecule has 0 saturated carbocycles. The molecule has 122 valence electrons. The molecule has 3 rings (SSSR count). The SMILES string of the molecule is OC1OCc2c(SC(F)F)ccc(Oc3cc(F)cc(Cl)c3)c21. The van der Waals surface area contributed by atoms with Gasteiger partial charge in [-0.05, 0) is 24.3 Å². The molecule has 1 aliphatic rings. The molecule has 8 heteroatoms. The second-order valence-electron chi connectivity index (χ2n) is 4.70. The van der Waals surface area contributed by atoms with Crippen molar-refractivity contribution in [3.05, 3.63) is 52.3 Å². The Morgan fingerprint density at radius 2 is 2.09 bits per heavy atom. The van der Waals surface area contributed by atoms with Gasteiger partial charge >= 0.3 is 0 Å². The molecule has 0 fully saturated rings. The van der Waals surface area contributed by atoms with Crippen LogP contribution in [-0.2, 0) is 11.3 Å². The van der Waals surface area contributed by atoms with Crippen molar-refractivity contribution >= 4 is 23.4 Å². The van der Waals surface area contributed by atoms with Crippen LogP contribution in [0.1, 0.15) is 17.4 Å². The summed E-state index contributed by atoms with van der Waals surface area (Å²) in [6.45, 7) is -0.00728. The minimum atomic E-state index is -2.59. The van der Waals surface area contributed by atoms with Gasteiger partial charge in [-0.2, -0.15) is 8.78 Å². The number of hydrogen-bond acceptors (Lipinski definition) is 4. The third-order valence-corrected chi connectivity index (χ3v) is 4.22. The van der Waals surface area contributed by atoms with Gasteiger partial charge in [0.2, 0.25) is 0 Å². The minimum absolute atomic E-state index is 0.00728. The predicted molar refractivity (Wildman–Crippen MR) is 79.5 cm³/mol. The molecule has 2 aromatic carbocycles. The molecule has 1 aliphatic heterocycles.